The standard InChI is InChI=1S/C19H19N3O2S/c1-12(11-18-22-16-5-3-4-6-17(16)25-18)20-19(24)21-15-9-7-14(8-10-15)13(2)23/h3-10,12H,11H2,1-2H3,(H2,20,21,24)/t12-/m1/s1. The molecule has 1 atom stereocenters. The van der Waals surface area contributed by atoms with Crippen LogP contribution in [0, 0.1) is 0 Å². The molecule has 0 spiro atoms. The molecule has 6 heteroatoms. The maximum atomic E-state index is 12.1. The zero-order valence-corrected chi connectivity index (χ0v) is 14.9. The first kappa shape index (κ1) is 17.1. The summed E-state index contributed by atoms with van der Waals surface area (Å²) in [6.07, 6.45) is 0.677. The Morgan fingerprint density at radius 3 is 2.52 bits per heavy atom. The Kier molecular flexibility index (Phi) is 5.09. The van der Waals surface area contributed by atoms with Gasteiger partial charge in [0.05, 0.1) is 15.2 Å². The number of fused-ring (bicyclic) bond motifs is 1. The maximum Gasteiger partial charge on any atom is 0.319 e. The van der Waals surface area contributed by atoms with Crippen molar-refractivity contribution in [3.63, 3.8) is 0 Å². The van der Waals surface area contributed by atoms with Crippen LogP contribution in [-0.2, 0) is 6.42 Å². The second-order valence-electron chi connectivity index (χ2n) is 5.91. The molecule has 2 N–H and O–H groups in total. The minimum absolute atomic E-state index is 0.000425. The predicted molar refractivity (Wildman–Crippen MR) is 101 cm³/mol. The van der Waals surface area contributed by atoms with Gasteiger partial charge in [-0.25, -0.2) is 9.78 Å². The van der Waals surface area contributed by atoms with Crippen molar-refractivity contribution in [3.05, 3.63) is 59.1 Å². The van der Waals surface area contributed by atoms with Crippen molar-refractivity contribution in [1.29, 1.82) is 0 Å². The van der Waals surface area contributed by atoms with Crippen LogP contribution in [0.2, 0.25) is 0 Å². The number of amides is 2. The van der Waals surface area contributed by atoms with E-state index in [1.165, 1.54) is 6.92 Å². The van der Waals surface area contributed by atoms with E-state index in [0.717, 1.165) is 15.2 Å². The molecule has 128 valence electrons. The average molecular weight is 353 g/mol. The topological polar surface area (TPSA) is 71.1 Å². The van der Waals surface area contributed by atoms with Crippen LogP contribution in [0.1, 0.15) is 29.2 Å². The minimum atomic E-state index is -0.274. The van der Waals surface area contributed by atoms with Crippen LogP contribution in [0.4, 0.5) is 10.5 Å². The lowest BCUT2D eigenvalue weighted by atomic mass is 10.1. The van der Waals surface area contributed by atoms with Crippen LogP contribution >= 0.6 is 11.3 Å². The fourth-order valence-corrected chi connectivity index (χ4v) is 3.60. The Morgan fingerprint density at radius 2 is 1.84 bits per heavy atom. The number of aromatic nitrogens is 1. The third-order valence-corrected chi connectivity index (χ3v) is 4.80. The number of Topliss-reactive ketones (excluding diaryl/α,β-unsaturated/α-hetero) is 1. The lowest BCUT2D eigenvalue weighted by Gasteiger charge is -2.13. The van der Waals surface area contributed by atoms with E-state index in [4.69, 9.17) is 0 Å². The Hall–Kier alpha value is -2.73. The van der Waals surface area contributed by atoms with Crippen LogP contribution in [0.15, 0.2) is 48.5 Å². The first-order chi connectivity index (χ1) is 12.0. The quantitative estimate of drug-likeness (QED) is 0.674. The first-order valence-corrected chi connectivity index (χ1v) is 8.86. The molecule has 2 aromatic carbocycles. The predicted octanol–water partition coefficient (Wildman–Crippen LogP) is 4.25. The monoisotopic (exact) mass is 353 g/mol. The third kappa shape index (κ3) is 4.42. The Bertz CT molecular complexity index is 869. The van der Waals surface area contributed by atoms with Gasteiger partial charge in [0.15, 0.2) is 5.78 Å². The third-order valence-electron chi connectivity index (χ3n) is 3.75. The van der Waals surface area contributed by atoms with Crippen molar-refractivity contribution in [1.82, 2.24) is 10.3 Å². The van der Waals surface area contributed by atoms with E-state index < -0.39 is 0 Å². The summed E-state index contributed by atoms with van der Waals surface area (Å²) in [5.41, 5.74) is 2.26. The van der Waals surface area contributed by atoms with E-state index in [9.17, 15) is 9.59 Å². The van der Waals surface area contributed by atoms with Crippen molar-refractivity contribution in [2.24, 2.45) is 0 Å². The SMILES string of the molecule is CC(=O)c1ccc(NC(=O)N[C@H](C)Cc2nc3ccccc3s2)cc1. The lowest BCUT2D eigenvalue weighted by molar-refractivity contribution is 0.101. The number of hydrogen-bond donors (Lipinski definition) is 2. The van der Waals surface area contributed by atoms with E-state index in [2.05, 4.69) is 15.6 Å². The summed E-state index contributed by atoms with van der Waals surface area (Å²) in [5, 5.41) is 6.68. The van der Waals surface area contributed by atoms with Gasteiger partial charge in [0, 0.05) is 23.7 Å². The van der Waals surface area contributed by atoms with Gasteiger partial charge in [-0.05, 0) is 50.2 Å². The second kappa shape index (κ2) is 7.44. The molecule has 3 rings (SSSR count). The summed E-state index contributed by atoms with van der Waals surface area (Å²) in [5.74, 6) is 0.000425. The minimum Gasteiger partial charge on any atom is -0.335 e. The van der Waals surface area contributed by atoms with Crippen molar-refractivity contribution in [2.45, 2.75) is 26.3 Å². The van der Waals surface area contributed by atoms with Gasteiger partial charge < -0.3 is 10.6 Å². The van der Waals surface area contributed by atoms with E-state index in [1.807, 2.05) is 31.2 Å². The highest BCUT2D eigenvalue weighted by atomic mass is 32.1. The zero-order valence-electron chi connectivity index (χ0n) is 14.1. The number of thiazole rings is 1. The summed E-state index contributed by atoms with van der Waals surface area (Å²) >= 11 is 1.65. The summed E-state index contributed by atoms with van der Waals surface area (Å²) in [6, 6.07) is 14.5. The van der Waals surface area contributed by atoms with Gasteiger partial charge in [0.2, 0.25) is 0 Å². The molecular formula is C19H19N3O2S. The van der Waals surface area contributed by atoms with Gasteiger partial charge in [-0.1, -0.05) is 12.1 Å². The lowest BCUT2D eigenvalue weighted by Crippen LogP contribution is -2.37. The molecule has 0 unspecified atom stereocenters. The largest absolute Gasteiger partial charge is 0.335 e. The van der Waals surface area contributed by atoms with E-state index >= 15 is 0 Å². The van der Waals surface area contributed by atoms with Crippen LogP contribution in [-0.4, -0.2) is 22.8 Å². The molecule has 0 saturated carbocycles. The van der Waals surface area contributed by atoms with Gasteiger partial charge in [0.25, 0.3) is 0 Å². The van der Waals surface area contributed by atoms with Crippen molar-refractivity contribution in [2.75, 3.05) is 5.32 Å². The molecule has 1 aromatic heterocycles. The number of carbonyl (C=O) groups is 2. The molecule has 1 heterocycles. The molecule has 25 heavy (non-hydrogen) atoms. The Labute approximate surface area is 150 Å². The number of carbonyl (C=O) groups excluding carboxylic acids is 2. The summed E-state index contributed by atoms with van der Waals surface area (Å²) in [7, 11) is 0. The van der Waals surface area contributed by atoms with Gasteiger partial charge in [0.1, 0.15) is 0 Å². The molecule has 0 bridgehead atoms. The number of benzene rings is 2. The van der Waals surface area contributed by atoms with Gasteiger partial charge in [-0.15, -0.1) is 11.3 Å². The first-order valence-electron chi connectivity index (χ1n) is 8.04. The van der Waals surface area contributed by atoms with Crippen LogP contribution < -0.4 is 10.6 Å². The Morgan fingerprint density at radius 1 is 1.12 bits per heavy atom. The summed E-state index contributed by atoms with van der Waals surface area (Å²) in [4.78, 5) is 27.9. The summed E-state index contributed by atoms with van der Waals surface area (Å²) < 4.78 is 1.15. The average Bonchev–Trinajstić information content (AvgIpc) is 2.97. The van der Waals surface area contributed by atoms with Gasteiger partial charge in [-0.3, -0.25) is 4.79 Å². The molecule has 0 saturated heterocycles. The highest BCUT2D eigenvalue weighted by Crippen LogP contribution is 2.22. The number of ketones is 1. The molecule has 3 aromatic rings. The molecule has 5 nitrogen and oxygen atoms in total. The molecule has 0 radical (unpaired) electrons. The molecule has 0 fully saturated rings. The maximum absolute atomic E-state index is 12.1. The van der Waals surface area contributed by atoms with E-state index in [1.54, 1.807) is 35.6 Å². The Balaban J connectivity index is 1.55. The smallest absolute Gasteiger partial charge is 0.319 e. The second-order valence-corrected chi connectivity index (χ2v) is 7.03. The molecule has 2 amide bonds. The highest BCUT2D eigenvalue weighted by molar-refractivity contribution is 7.18. The van der Waals surface area contributed by atoms with Crippen molar-refractivity contribution >= 4 is 39.1 Å². The molecule has 0 aliphatic rings. The van der Waals surface area contributed by atoms with Crippen LogP contribution in [0.3, 0.4) is 0 Å². The van der Waals surface area contributed by atoms with Crippen LogP contribution in [0.25, 0.3) is 10.2 Å². The van der Waals surface area contributed by atoms with E-state index in [0.29, 0.717) is 17.7 Å². The number of nitrogens with one attached hydrogen (secondary N) is 2. The van der Waals surface area contributed by atoms with Crippen molar-refractivity contribution < 1.29 is 9.59 Å². The fraction of sp³-hybridized carbons (Fsp3) is 0.211. The fourth-order valence-electron chi connectivity index (χ4n) is 2.50. The number of urea groups is 1. The molecular weight excluding hydrogens is 334 g/mol. The number of anilines is 1. The number of hydrogen-bond acceptors (Lipinski definition) is 4. The van der Waals surface area contributed by atoms with Crippen molar-refractivity contribution in [3.8, 4) is 0 Å². The number of para-hydroxylation sites is 1. The normalized spacial score (nSPS) is 11.9. The number of rotatable bonds is 5. The summed E-state index contributed by atoms with van der Waals surface area (Å²) in [6.45, 7) is 3.46. The number of nitrogens with zero attached hydrogens (tertiary/aromatic N) is 1. The van der Waals surface area contributed by atoms with Crippen LogP contribution in [0.5, 0.6) is 0 Å². The van der Waals surface area contributed by atoms with E-state index in [-0.39, 0.29) is 17.9 Å². The molecule has 0 aliphatic carbocycles. The zero-order chi connectivity index (χ0) is 17.8. The van der Waals surface area contributed by atoms with Gasteiger partial charge in [-0.2, -0.15) is 0 Å². The highest BCUT2D eigenvalue weighted by Gasteiger charge is 2.11. The molecule has 0 aliphatic heterocycles. The van der Waals surface area contributed by atoms with Gasteiger partial charge >= 0.3 is 6.03 Å².